The lowest BCUT2D eigenvalue weighted by Crippen LogP contribution is -2.01. The van der Waals surface area contributed by atoms with Gasteiger partial charge < -0.3 is 4.42 Å². The van der Waals surface area contributed by atoms with Gasteiger partial charge in [-0.2, -0.15) is 5.26 Å². The first-order valence-electron chi connectivity index (χ1n) is 9.09. The van der Waals surface area contributed by atoms with Crippen LogP contribution in [-0.4, -0.2) is 0 Å². The number of rotatable bonds is 2. The highest BCUT2D eigenvalue weighted by Crippen LogP contribution is 2.34. The van der Waals surface area contributed by atoms with E-state index in [1.54, 1.807) is 48.5 Å². The number of nitrogens with zero attached hydrogens (tertiary/aromatic N) is 1. The van der Waals surface area contributed by atoms with E-state index in [0.717, 1.165) is 5.56 Å². The predicted molar refractivity (Wildman–Crippen MR) is 119 cm³/mol. The van der Waals surface area contributed by atoms with E-state index in [1.807, 2.05) is 26.0 Å². The minimum Gasteiger partial charge on any atom is -0.455 e. The molecule has 0 spiro atoms. The lowest BCUT2D eigenvalue weighted by molar-refractivity contribution is 0.620. The van der Waals surface area contributed by atoms with E-state index in [-0.39, 0.29) is 5.43 Å². The molecule has 0 saturated carbocycles. The van der Waals surface area contributed by atoms with Gasteiger partial charge in [-0.3, -0.25) is 4.79 Å². The Labute approximate surface area is 178 Å². The first-order valence-corrected chi connectivity index (χ1v) is 9.84. The number of nitriles is 1. The molecule has 29 heavy (non-hydrogen) atoms. The van der Waals surface area contributed by atoms with E-state index >= 15 is 0 Å². The highest BCUT2D eigenvalue weighted by molar-refractivity contribution is 6.32. The molecular weight excluding hydrogens is 405 g/mol. The van der Waals surface area contributed by atoms with Gasteiger partial charge in [0.1, 0.15) is 11.3 Å². The van der Waals surface area contributed by atoms with Crippen LogP contribution < -0.4 is 5.43 Å². The van der Waals surface area contributed by atoms with Crippen LogP contribution >= 0.6 is 23.2 Å². The van der Waals surface area contributed by atoms with Gasteiger partial charge in [0.2, 0.25) is 0 Å². The lowest BCUT2D eigenvalue weighted by atomic mass is 10.0. The summed E-state index contributed by atoms with van der Waals surface area (Å²) >= 11 is 12.4. The molecule has 0 unspecified atom stereocenters. The smallest absolute Gasteiger partial charge is 0.193 e. The molecule has 0 atom stereocenters. The minimum atomic E-state index is -0.193. The Bertz CT molecular complexity index is 1270. The summed E-state index contributed by atoms with van der Waals surface area (Å²) in [6.45, 7) is 4.00. The second-order valence-corrected chi connectivity index (χ2v) is 6.88. The molecule has 144 valence electrons. The standard InChI is InChI=1S/C22H11Cl2NO2.C2H6/c23-16-3-1-2-15(8-16)18-9-17(24)10-19-20(26)11-21(27-22(18)19)14-6-4-13(12-25)5-7-14;1-2/h1-11H;1-2H3. The van der Waals surface area contributed by atoms with Gasteiger partial charge in [-0.25, -0.2) is 0 Å². The minimum absolute atomic E-state index is 0.193. The van der Waals surface area contributed by atoms with Gasteiger partial charge in [0, 0.05) is 27.2 Å². The fourth-order valence-electron chi connectivity index (χ4n) is 2.94. The lowest BCUT2D eigenvalue weighted by Gasteiger charge is -2.09. The van der Waals surface area contributed by atoms with Gasteiger partial charge in [0.25, 0.3) is 0 Å². The van der Waals surface area contributed by atoms with Crippen LogP contribution in [0.3, 0.4) is 0 Å². The summed E-state index contributed by atoms with van der Waals surface area (Å²) < 4.78 is 6.10. The molecule has 0 aliphatic heterocycles. The van der Waals surface area contributed by atoms with Gasteiger partial charge in [0.15, 0.2) is 5.43 Å². The largest absolute Gasteiger partial charge is 0.455 e. The molecule has 0 fully saturated rings. The van der Waals surface area contributed by atoms with Crippen LogP contribution in [0.25, 0.3) is 33.4 Å². The maximum Gasteiger partial charge on any atom is 0.193 e. The van der Waals surface area contributed by atoms with E-state index in [1.165, 1.54) is 6.07 Å². The molecule has 4 aromatic rings. The van der Waals surface area contributed by atoms with Crippen molar-refractivity contribution in [3.63, 3.8) is 0 Å². The number of hydrogen-bond acceptors (Lipinski definition) is 3. The number of halogens is 2. The Hall–Kier alpha value is -3.06. The zero-order valence-electron chi connectivity index (χ0n) is 15.9. The first-order chi connectivity index (χ1) is 14.0. The highest BCUT2D eigenvalue weighted by atomic mass is 35.5. The topological polar surface area (TPSA) is 54.0 Å². The Kier molecular flexibility index (Phi) is 6.39. The van der Waals surface area contributed by atoms with Crippen LogP contribution in [0.1, 0.15) is 19.4 Å². The van der Waals surface area contributed by atoms with E-state index < -0.39 is 0 Å². The van der Waals surface area contributed by atoms with Gasteiger partial charge in [-0.15, -0.1) is 0 Å². The molecule has 5 heteroatoms. The Morgan fingerprint density at radius 2 is 1.59 bits per heavy atom. The van der Waals surface area contributed by atoms with Crippen molar-refractivity contribution in [1.82, 2.24) is 0 Å². The second kappa shape index (κ2) is 8.96. The molecule has 0 bridgehead atoms. The summed E-state index contributed by atoms with van der Waals surface area (Å²) in [5.74, 6) is 0.419. The zero-order chi connectivity index (χ0) is 21.0. The molecule has 0 radical (unpaired) electrons. The molecule has 3 aromatic carbocycles. The van der Waals surface area contributed by atoms with Crippen molar-refractivity contribution in [2.75, 3.05) is 0 Å². The van der Waals surface area contributed by atoms with Crippen molar-refractivity contribution in [3.8, 4) is 28.5 Å². The van der Waals surface area contributed by atoms with Crippen LogP contribution in [0, 0.1) is 11.3 Å². The summed E-state index contributed by atoms with van der Waals surface area (Å²) in [6.07, 6.45) is 0. The number of benzene rings is 3. The van der Waals surface area contributed by atoms with Crippen molar-refractivity contribution in [1.29, 1.82) is 5.26 Å². The van der Waals surface area contributed by atoms with Gasteiger partial charge in [-0.05, 0) is 54.1 Å². The van der Waals surface area contributed by atoms with E-state index in [0.29, 0.717) is 43.5 Å². The number of fused-ring (bicyclic) bond motifs is 1. The first kappa shape index (κ1) is 20.7. The van der Waals surface area contributed by atoms with Gasteiger partial charge >= 0.3 is 0 Å². The average Bonchev–Trinajstić information content (AvgIpc) is 2.75. The van der Waals surface area contributed by atoms with Gasteiger partial charge in [-0.1, -0.05) is 49.2 Å². The van der Waals surface area contributed by atoms with Crippen LogP contribution in [0.5, 0.6) is 0 Å². The maximum atomic E-state index is 12.7. The van der Waals surface area contributed by atoms with Crippen molar-refractivity contribution in [3.05, 3.63) is 92.6 Å². The van der Waals surface area contributed by atoms with Crippen molar-refractivity contribution in [2.24, 2.45) is 0 Å². The molecule has 0 amide bonds. The fraction of sp³-hybridized carbons (Fsp3) is 0.0833. The SMILES string of the molecule is CC.N#Cc1ccc(-c2cc(=O)c3cc(Cl)cc(-c4cccc(Cl)c4)c3o2)cc1. The summed E-state index contributed by atoms with van der Waals surface area (Å²) in [5.41, 5.74) is 2.98. The molecule has 0 N–H and O–H groups in total. The number of hydrogen-bond donors (Lipinski definition) is 0. The zero-order valence-corrected chi connectivity index (χ0v) is 17.4. The highest BCUT2D eigenvalue weighted by Gasteiger charge is 2.14. The van der Waals surface area contributed by atoms with Gasteiger partial charge in [0.05, 0.1) is 17.0 Å². The molecule has 1 heterocycles. The third-order valence-electron chi connectivity index (χ3n) is 4.23. The molecule has 1 aromatic heterocycles. The summed E-state index contributed by atoms with van der Waals surface area (Å²) in [6, 6.07) is 21.0. The maximum absolute atomic E-state index is 12.7. The molecular formula is C24H17Cl2NO2. The predicted octanol–water partition coefficient (Wildman–Crippen LogP) is 7.33. The summed E-state index contributed by atoms with van der Waals surface area (Å²) in [7, 11) is 0. The third-order valence-corrected chi connectivity index (χ3v) is 4.68. The Morgan fingerprint density at radius 3 is 2.24 bits per heavy atom. The molecule has 0 aliphatic carbocycles. The van der Waals surface area contributed by atoms with E-state index in [9.17, 15) is 4.79 Å². The van der Waals surface area contributed by atoms with Crippen LogP contribution in [0.2, 0.25) is 10.0 Å². The molecule has 0 saturated heterocycles. The Morgan fingerprint density at radius 1 is 0.862 bits per heavy atom. The summed E-state index contributed by atoms with van der Waals surface area (Å²) in [5, 5.41) is 10.4. The van der Waals surface area contributed by atoms with Crippen LogP contribution in [-0.2, 0) is 0 Å². The molecule has 0 aliphatic rings. The normalized spacial score (nSPS) is 10.2. The van der Waals surface area contributed by atoms with Crippen molar-refractivity contribution >= 4 is 34.2 Å². The Balaban J connectivity index is 0.00000117. The second-order valence-electron chi connectivity index (χ2n) is 6.00. The molecule has 3 nitrogen and oxygen atoms in total. The summed E-state index contributed by atoms with van der Waals surface area (Å²) in [4.78, 5) is 12.7. The van der Waals surface area contributed by atoms with Crippen LogP contribution in [0.4, 0.5) is 0 Å². The fourth-order valence-corrected chi connectivity index (χ4v) is 3.35. The average molecular weight is 422 g/mol. The monoisotopic (exact) mass is 421 g/mol. The molecule has 4 rings (SSSR count). The quantitative estimate of drug-likeness (QED) is 0.340. The van der Waals surface area contributed by atoms with Crippen molar-refractivity contribution in [2.45, 2.75) is 13.8 Å². The van der Waals surface area contributed by atoms with E-state index in [2.05, 4.69) is 6.07 Å². The van der Waals surface area contributed by atoms with Crippen LogP contribution in [0.15, 0.2) is 75.9 Å². The third kappa shape index (κ3) is 4.35. The van der Waals surface area contributed by atoms with Crippen molar-refractivity contribution < 1.29 is 4.42 Å². The van der Waals surface area contributed by atoms with E-state index in [4.69, 9.17) is 32.9 Å².